The summed E-state index contributed by atoms with van der Waals surface area (Å²) in [6.45, 7) is 3.57. The van der Waals surface area contributed by atoms with E-state index in [1.165, 1.54) is 23.0 Å². The van der Waals surface area contributed by atoms with Crippen LogP contribution >= 0.6 is 0 Å². The van der Waals surface area contributed by atoms with Crippen LogP contribution in [0.4, 0.5) is 18.9 Å². The molecule has 5 rings (SSSR count). The predicted molar refractivity (Wildman–Crippen MR) is 141 cm³/mol. The summed E-state index contributed by atoms with van der Waals surface area (Å²) in [6, 6.07) is 13.1. The van der Waals surface area contributed by atoms with Gasteiger partial charge in [0.15, 0.2) is 0 Å². The Labute approximate surface area is 220 Å². The molecule has 0 spiro atoms. The fourth-order valence-corrected chi connectivity index (χ4v) is 3.90. The molecular formula is C29H20F3N5O2. The van der Waals surface area contributed by atoms with Crippen LogP contribution in [-0.4, -0.2) is 25.4 Å². The Balaban J connectivity index is 1.43. The van der Waals surface area contributed by atoms with E-state index in [-0.39, 0.29) is 16.8 Å². The third kappa shape index (κ3) is 5.72. The number of aromatic nitrogens is 4. The molecule has 0 saturated heterocycles. The monoisotopic (exact) mass is 527 g/mol. The molecule has 0 fully saturated rings. The fraction of sp³-hybridized carbons (Fsp3) is 0.103. The van der Waals surface area contributed by atoms with Gasteiger partial charge in [-0.1, -0.05) is 17.9 Å². The van der Waals surface area contributed by atoms with Gasteiger partial charge in [-0.25, -0.2) is 9.97 Å². The lowest BCUT2D eigenvalue weighted by Crippen LogP contribution is -2.15. The van der Waals surface area contributed by atoms with E-state index in [9.17, 15) is 22.8 Å². The normalized spacial score (nSPS) is 11.2. The zero-order valence-electron chi connectivity index (χ0n) is 20.7. The minimum absolute atomic E-state index is 0.153. The number of pyridine rings is 2. The summed E-state index contributed by atoms with van der Waals surface area (Å²) in [5.74, 6) is 5.37. The Hall–Kier alpha value is -5.17. The largest absolute Gasteiger partial charge is 0.416 e. The number of aryl methyl sites for hydroxylation is 2. The number of nitrogens with zero attached hydrogens (tertiary/aromatic N) is 3. The number of alkyl halides is 3. The quantitative estimate of drug-likeness (QED) is 0.308. The molecule has 3 aromatic heterocycles. The number of benzene rings is 2. The third-order valence-electron chi connectivity index (χ3n) is 5.93. The summed E-state index contributed by atoms with van der Waals surface area (Å²) < 4.78 is 42.2. The molecule has 7 nitrogen and oxygen atoms in total. The molecule has 2 N–H and O–H groups in total. The average molecular weight is 528 g/mol. The number of anilines is 1. The lowest BCUT2D eigenvalue weighted by Gasteiger charge is -2.13. The number of imidazole rings is 1. The maximum atomic E-state index is 13.6. The number of nitrogens with one attached hydrogen (secondary N) is 2. The van der Waals surface area contributed by atoms with E-state index in [2.05, 4.69) is 32.1 Å². The van der Waals surface area contributed by atoms with Gasteiger partial charge in [-0.15, -0.1) is 0 Å². The summed E-state index contributed by atoms with van der Waals surface area (Å²) >= 11 is 0. The van der Waals surface area contributed by atoms with Gasteiger partial charge in [0, 0.05) is 51.9 Å². The van der Waals surface area contributed by atoms with Crippen LogP contribution in [0, 0.1) is 25.7 Å². The predicted octanol–water partition coefficient (Wildman–Crippen LogP) is 5.40. The Kier molecular flexibility index (Phi) is 6.50. The van der Waals surface area contributed by atoms with Crippen molar-refractivity contribution in [3.8, 4) is 17.5 Å². The standard InChI is InChI=1S/C29H20F3N5O2/c1-17-3-7-24(11-20(17)5-4-19-9-21-6-8-26(38)36-27(21)33-14-19)35-28(39)22-10-23(29(30,31)32)13-25(12-22)37-15-18(2)34-16-37/h3,6-16H,1-2H3,(H,35,39)(H,33,36,38). The number of hydrogen-bond acceptors (Lipinski definition) is 4. The highest BCUT2D eigenvalue weighted by Crippen LogP contribution is 2.32. The van der Waals surface area contributed by atoms with E-state index < -0.39 is 17.6 Å². The minimum atomic E-state index is -4.64. The number of aromatic amines is 1. The summed E-state index contributed by atoms with van der Waals surface area (Å²) in [5, 5.41) is 3.40. The molecule has 3 heterocycles. The van der Waals surface area contributed by atoms with E-state index >= 15 is 0 Å². The van der Waals surface area contributed by atoms with Crippen LogP contribution in [0.3, 0.4) is 0 Å². The second-order valence-electron chi connectivity index (χ2n) is 8.91. The maximum Gasteiger partial charge on any atom is 0.416 e. The van der Waals surface area contributed by atoms with Crippen LogP contribution < -0.4 is 10.9 Å². The highest BCUT2D eigenvalue weighted by Gasteiger charge is 2.32. The van der Waals surface area contributed by atoms with Crippen LogP contribution in [0.2, 0.25) is 0 Å². The Bertz CT molecular complexity index is 1860. The zero-order chi connectivity index (χ0) is 27.7. The molecule has 0 unspecified atom stereocenters. The van der Waals surface area contributed by atoms with Crippen molar-refractivity contribution in [1.82, 2.24) is 19.5 Å². The van der Waals surface area contributed by atoms with E-state index in [1.54, 1.807) is 49.6 Å². The van der Waals surface area contributed by atoms with Crippen molar-refractivity contribution in [1.29, 1.82) is 0 Å². The van der Waals surface area contributed by atoms with Gasteiger partial charge in [-0.05, 0) is 61.9 Å². The maximum absolute atomic E-state index is 13.6. The molecule has 1 amide bonds. The summed E-state index contributed by atoms with van der Waals surface area (Å²) in [7, 11) is 0. The SMILES string of the molecule is Cc1cn(-c2cc(C(=O)Nc3ccc(C)c(C#Cc4cnc5[nH]c(=O)ccc5c4)c3)cc(C(F)(F)F)c2)cn1. The number of carbonyl (C=O) groups excluding carboxylic acids is 1. The number of rotatable bonds is 3. The fourth-order valence-electron chi connectivity index (χ4n) is 3.90. The number of carbonyl (C=O) groups is 1. The third-order valence-corrected chi connectivity index (χ3v) is 5.93. The van der Waals surface area contributed by atoms with E-state index in [0.29, 0.717) is 28.2 Å². The topological polar surface area (TPSA) is 92.7 Å². The van der Waals surface area contributed by atoms with Crippen LogP contribution in [0.5, 0.6) is 0 Å². The second-order valence-corrected chi connectivity index (χ2v) is 8.91. The van der Waals surface area contributed by atoms with Crippen LogP contribution in [0.25, 0.3) is 16.7 Å². The van der Waals surface area contributed by atoms with Crippen LogP contribution in [-0.2, 0) is 6.18 Å². The first-order valence-corrected chi connectivity index (χ1v) is 11.7. The summed E-state index contributed by atoms with van der Waals surface area (Å²) in [5.41, 5.74) is 2.36. The van der Waals surface area contributed by atoms with Gasteiger partial charge in [-0.3, -0.25) is 9.59 Å². The van der Waals surface area contributed by atoms with Gasteiger partial charge in [-0.2, -0.15) is 13.2 Å². The number of amides is 1. The van der Waals surface area contributed by atoms with Gasteiger partial charge >= 0.3 is 6.18 Å². The molecule has 2 aromatic carbocycles. The van der Waals surface area contributed by atoms with E-state index in [0.717, 1.165) is 23.1 Å². The molecule has 0 saturated carbocycles. The lowest BCUT2D eigenvalue weighted by atomic mass is 10.1. The van der Waals surface area contributed by atoms with Gasteiger partial charge in [0.05, 0.1) is 17.6 Å². The number of H-pyrrole nitrogens is 1. The zero-order valence-corrected chi connectivity index (χ0v) is 20.7. The molecule has 0 aliphatic rings. The number of hydrogen-bond donors (Lipinski definition) is 2. The first-order chi connectivity index (χ1) is 18.5. The highest BCUT2D eigenvalue weighted by atomic mass is 19.4. The highest BCUT2D eigenvalue weighted by molar-refractivity contribution is 6.05. The van der Waals surface area contributed by atoms with Crippen molar-refractivity contribution in [3.05, 3.63) is 117 Å². The van der Waals surface area contributed by atoms with Crippen molar-refractivity contribution in [3.63, 3.8) is 0 Å². The first kappa shape index (κ1) is 25.5. The summed E-state index contributed by atoms with van der Waals surface area (Å²) in [4.78, 5) is 35.4. The number of fused-ring (bicyclic) bond motifs is 1. The van der Waals surface area contributed by atoms with Crippen molar-refractivity contribution >= 4 is 22.6 Å². The lowest BCUT2D eigenvalue weighted by molar-refractivity contribution is -0.137. The molecule has 10 heteroatoms. The molecule has 0 radical (unpaired) electrons. The van der Waals surface area contributed by atoms with Gasteiger partial charge in [0.25, 0.3) is 5.91 Å². The molecule has 0 atom stereocenters. The van der Waals surface area contributed by atoms with Crippen LogP contribution in [0.15, 0.2) is 78.1 Å². The molecule has 0 bridgehead atoms. The average Bonchev–Trinajstić information content (AvgIpc) is 3.34. The van der Waals surface area contributed by atoms with Crippen LogP contribution in [0.1, 0.15) is 38.3 Å². The molecule has 5 aromatic rings. The van der Waals surface area contributed by atoms with Crippen molar-refractivity contribution < 1.29 is 18.0 Å². The van der Waals surface area contributed by atoms with Gasteiger partial charge < -0.3 is 14.9 Å². The van der Waals surface area contributed by atoms with Gasteiger partial charge in [0.1, 0.15) is 5.65 Å². The van der Waals surface area contributed by atoms with Crippen molar-refractivity contribution in [2.75, 3.05) is 5.32 Å². The molecular weight excluding hydrogens is 507 g/mol. The van der Waals surface area contributed by atoms with E-state index in [1.807, 2.05) is 6.92 Å². The van der Waals surface area contributed by atoms with Crippen molar-refractivity contribution in [2.45, 2.75) is 20.0 Å². The Morgan fingerprint density at radius 1 is 1.00 bits per heavy atom. The molecule has 0 aliphatic carbocycles. The molecule has 39 heavy (non-hydrogen) atoms. The molecule has 194 valence electrons. The Morgan fingerprint density at radius 2 is 1.82 bits per heavy atom. The van der Waals surface area contributed by atoms with Gasteiger partial charge in [0.2, 0.25) is 5.56 Å². The summed E-state index contributed by atoms with van der Waals surface area (Å²) in [6.07, 6.45) is -0.131. The smallest absolute Gasteiger partial charge is 0.322 e. The minimum Gasteiger partial charge on any atom is -0.322 e. The van der Waals surface area contributed by atoms with E-state index in [4.69, 9.17) is 0 Å². The first-order valence-electron chi connectivity index (χ1n) is 11.7. The Morgan fingerprint density at radius 3 is 2.56 bits per heavy atom. The number of halogens is 3. The van der Waals surface area contributed by atoms with Crippen molar-refractivity contribution in [2.24, 2.45) is 0 Å². The second kappa shape index (κ2) is 9.95. The molecule has 0 aliphatic heterocycles.